The van der Waals surface area contributed by atoms with Crippen LogP contribution in [0.2, 0.25) is 0 Å². The Bertz CT molecular complexity index is 1240. The molecule has 0 saturated carbocycles. The summed E-state index contributed by atoms with van der Waals surface area (Å²) in [7, 11) is 0. The number of pyridine rings is 1. The van der Waals surface area contributed by atoms with Gasteiger partial charge in [0.15, 0.2) is 11.9 Å². The first-order valence-electron chi connectivity index (χ1n) is 11.8. The summed E-state index contributed by atoms with van der Waals surface area (Å²) in [6.07, 6.45) is 4.12. The van der Waals surface area contributed by atoms with Gasteiger partial charge in [-0.3, -0.25) is 4.79 Å². The summed E-state index contributed by atoms with van der Waals surface area (Å²) in [6, 6.07) is 9.46. The molecule has 9 nitrogen and oxygen atoms in total. The molecule has 0 bridgehead atoms. The second kappa shape index (κ2) is 9.07. The average molecular weight is 475 g/mol. The van der Waals surface area contributed by atoms with Crippen LogP contribution in [0.3, 0.4) is 0 Å². The van der Waals surface area contributed by atoms with Crippen LogP contribution >= 0.6 is 0 Å². The van der Waals surface area contributed by atoms with Crippen molar-refractivity contribution in [3.05, 3.63) is 71.7 Å². The summed E-state index contributed by atoms with van der Waals surface area (Å²) < 4.78 is 22.8. The Hall–Kier alpha value is -3.85. The monoisotopic (exact) mass is 474 g/mol. The number of fused-ring (bicyclic) bond motifs is 4. The standard InChI is InChI=1S/C26H26N4O5/c1-16-29-24(33-14-20-15-34-26-23(35-20)3-2-7-27-26)10-22-21-5-4-19(9-18(21)6-8-30(16)22)25(31)28-11-17-12-32-13-17/h2-5,7,9-10,17,20H,1,6,8,11-15H2,(H,28,31). The topological polar surface area (TPSA) is 94.5 Å². The molecule has 1 aromatic carbocycles. The van der Waals surface area contributed by atoms with Gasteiger partial charge in [0, 0.05) is 42.4 Å². The largest absolute Gasteiger partial charge is 0.478 e. The van der Waals surface area contributed by atoms with Crippen molar-refractivity contribution in [1.82, 2.24) is 15.2 Å². The molecule has 1 unspecified atom stereocenters. The van der Waals surface area contributed by atoms with Crippen LogP contribution in [0.25, 0.3) is 5.70 Å². The molecule has 1 atom stereocenters. The summed E-state index contributed by atoms with van der Waals surface area (Å²) in [5, 5.41) is 3.01. The molecular formula is C26H26N4O5. The van der Waals surface area contributed by atoms with Crippen LogP contribution in [0, 0.1) is 5.92 Å². The van der Waals surface area contributed by atoms with E-state index in [0.29, 0.717) is 61.2 Å². The molecule has 1 aromatic heterocycles. The maximum atomic E-state index is 12.6. The lowest BCUT2D eigenvalue weighted by molar-refractivity contribution is -0.0298. The predicted molar refractivity (Wildman–Crippen MR) is 128 cm³/mol. The van der Waals surface area contributed by atoms with Crippen LogP contribution in [0.15, 0.2) is 60.0 Å². The Morgan fingerprint density at radius 2 is 2.17 bits per heavy atom. The van der Waals surface area contributed by atoms with E-state index in [9.17, 15) is 4.79 Å². The molecule has 1 N–H and O–H groups in total. The van der Waals surface area contributed by atoms with Gasteiger partial charge in [0.2, 0.25) is 5.90 Å². The fourth-order valence-corrected chi connectivity index (χ4v) is 4.49. The molecule has 1 amide bonds. The molecule has 4 aliphatic heterocycles. The van der Waals surface area contributed by atoms with E-state index in [0.717, 1.165) is 29.8 Å². The fourth-order valence-electron chi connectivity index (χ4n) is 4.49. The van der Waals surface area contributed by atoms with Crippen LogP contribution in [0.4, 0.5) is 0 Å². The minimum atomic E-state index is -0.273. The number of hydrogen-bond donors (Lipinski definition) is 1. The lowest BCUT2D eigenvalue weighted by Crippen LogP contribution is -2.39. The van der Waals surface area contributed by atoms with E-state index < -0.39 is 0 Å². The van der Waals surface area contributed by atoms with Crippen LogP contribution < -0.4 is 14.8 Å². The predicted octanol–water partition coefficient (Wildman–Crippen LogP) is 2.40. The Labute approximate surface area is 203 Å². The SMILES string of the molecule is C=C1N=C(OCC2COc3ncccc3O2)C=C2c3ccc(C(=O)NCC4COC4)cc3CCN12. The van der Waals surface area contributed by atoms with E-state index in [-0.39, 0.29) is 18.6 Å². The average Bonchev–Trinajstić information content (AvgIpc) is 2.86. The van der Waals surface area contributed by atoms with Gasteiger partial charge in [-0.2, -0.15) is 4.99 Å². The van der Waals surface area contributed by atoms with E-state index in [2.05, 4.69) is 26.8 Å². The smallest absolute Gasteiger partial charge is 0.257 e. The lowest BCUT2D eigenvalue weighted by atomic mass is 9.93. The van der Waals surface area contributed by atoms with Gasteiger partial charge in [0.25, 0.3) is 11.8 Å². The molecule has 4 aliphatic rings. The maximum absolute atomic E-state index is 12.6. The number of benzene rings is 1. The van der Waals surface area contributed by atoms with E-state index in [1.54, 1.807) is 12.3 Å². The fraction of sp³-hybridized carbons (Fsp3) is 0.346. The molecule has 0 spiro atoms. The number of aromatic nitrogens is 1. The number of carbonyl (C=O) groups excluding carboxylic acids is 1. The van der Waals surface area contributed by atoms with Gasteiger partial charge in [-0.05, 0) is 36.2 Å². The summed E-state index contributed by atoms with van der Waals surface area (Å²) in [6.45, 7) is 7.57. The molecule has 35 heavy (non-hydrogen) atoms. The highest BCUT2D eigenvalue weighted by Gasteiger charge is 2.29. The number of ether oxygens (including phenoxy) is 4. The Morgan fingerprint density at radius 3 is 3.03 bits per heavy atom. The van der Waals surface area contributed by atoms with E-state index >= 15 is 0 Å². The quantitative estimate of drug-likeness (QED) is 0.711. The Kier molecular flexibility index (Phi) is 5.61. The van der Waals surface area contributed by atoms with Gasteiger partial charge >= 0.3 is 0 Å². The van der Waals surface area contributed by atoms with Crippen LogP contribution in [0.5, 0.6) is 11.6 Å². The first kappa shape index (κ1) is 21.7. The summed E-state index contributed by atoms with van der Waals surface area (Å²) in [4.78, 5) is 23.4. The van der Waals surface area contributed by atoms with E-state index in [4.69, 9.17) is 18.9 Å². The van der Waals surface area contributed by atoms with Crippen molar-refractivity contribution in [1.29, 1.82) is 0 Å². The molecule has 1 fully saturated rings. The van der Waals surface area contributed by atoms with E-state index in [1.165, 1.54) is 0 Å². The number of aliphatic imine (C=N–C) groups is 1. The third-order valence-corrected chi connectivity index (χ3v) is 6.46. The summed E-state index contributed by atoms with van der Waals surface area (Å²) in [5.41, 5.74) is 3.81. The normalized spacial score (nSPS) is 20.6. The highest BCUT2D eigenvalue weighted by atomic mass is 16.6. The first-order chi connectivity index (χ1) is 17.1. The number of hydrogen-bond acceptors (Lipinski definition) is 8. The van der Waals surface area contributed by atoms with Crippen molar-refractivity contribution in [2.45, 2.75) is 12.5 Å². The van der Waals surface area contributed by atoms with Crippen molar-refractivity contribution >= 4 is 17.5 Å². The van der Waals surface area contributed by atoms with Crippen molar-refractivity contribution in [3.8, 4) is 11.6 Å². The molecule has 5 heterocycles. The van der Waals surface area contributed by atoms with Crippen molar-refractivity contribution in [2.75, 3.05) is 39.5 Å². The Balaban J connectivity index is 1.14. The summed E-state index contributed by atoms with van der Waals surface area (Å²) >= 11 is 0. The molecular weight excluding hydrogens is 448 g/mol. The van der Waals surface area contributed by atoms with Crippen LogP contribution in [0.1, 0.15) is 21.5 Å². The minimum absolute atomic E-state index is 0.0544. The van der Waals surface area contributed by atoms with Gasteiger partial charge in [0.1, 0.15) is 19.0 Å². The first-order valence-corrected chi connectivity index (χ1v) is 11.8. The van der Waals surface area contributed by atoms with Gasteiger partial charge in [-0.15, -0.1) is 0 Å². The molecule has 180 valence electrons. The maximum Gasteiger partial charge on any atom is 0.257 e. The highest BCUT2D eigenvalue weighted by molar-refractivity contribution is 5.99. The summed E-state index contributed by atoms with van der Waals surface area (Å²) in [5.74, 6) is 2.56. The third-order valence-electron chi connectivity index (χ3n) is 6.46. The molecule has 1 saturated heterocycles. The molecule has 6 rings (SSSR count). The zero-order chi connectivity index (χ0) is 23.8. The van der Waals surface area contributed by atoms with E-state index in [1.807, 2.05) is 30.3 Å². The van der Waals surface area contributed by atoms with Crippen LogP contribution in [-0.2, 0) is 15.9 Å². The van der Waals surface area contributed by atoms with Crippen molar-refractivity contribution in [3.63, 3.8) is 0 Å². The lowest BCUT2D eigenvalue weighted by Gasteiger charge is -2.35. The van der Waals surface area contributed by atoms with Crippen molar-refractivity contribution in [2.24, 2.45) is 10.9 Å². The van der Waals surface area contributed by atoms with Gasteiger partial charge in [-0.1, -0.05) is 12.6 Å². The zero-order valence-electron chi connectivity index (χ0n) is 19.2. The molecule has 2 aromatic rings. The van der Waals surface area contributed by atoms with Crippen molar-refractivity contribution < 1.29 is 23.7 Å². The molecule has 0 aliphatic carbocycles. The minimum Gasteiger partial charge on any atom is -0.478 e. The second-order valence-electron chi connectivity index (χ2n) is 8.95. The number of rotatable bonds is 5. The second-order valence-corrected chi connectivity index (χ2v) is 8.95. The van der Waals surface area contributed by atoms with Gasteiger partial charge in [-0.25, -0.2) is 4.98 Å². The third kappa shape index (κ3) is 4.35. The number of nitrogens with one attached hydrogen (secondary N) is 1. The highest BCUT2D eigenvalue weighted by Crippen LogP contribution is 2.35. The van der Waals surface area contributed by atoms with Gasteiger partial charge < -0.3 is 29.2 Å². The number of amides is 1. The molecule has 9 heteroatoms. The number of nitrogens with zero attached hydrogens (tertiary/aromatic N) is 3. The Morgan fingerprint density at radius 1 is 1.26 bits per heavy atom. The zero-order valence-corrected chi connectivity index (χ0v) is 19.2. The molecule has 0 radical (unpaired) electrons. The van der Waals surface area contributed by atoms with Crippen LogP contribution in [-0.4, -0.2) is 67.3 Å². The number of carbonyl (C=O) groups is 1. The van der Waals surface area contributed by atoms with Gasteiger partial charge in [0.05, 0.1) is 18.9 Å².